The lowest BCUT2D eigenvalue weighted by atomic mass is 10.1. The van der Waals surface area contributed by atoms with Crippen molar-refractivity contribution in [3.8, 4) is 11.5 Å². The van der Waals surface area contributed by atoms with Crippen LogP contribution in [0.15, 0.2) is 66.9 Å². The third-order valence-electron chi connectivity index (χ3n) is 5.05. The molecule has 3 aromatic carbocycles. The number of H-pyrrole nitrogens is 1. The Hall–Kier alpha value is -4.43. The molecule has 34 heavy (non-hydrogen) atoms. The molecule has 0 unspecified atom stereocenters. The van der Waals surface area contributed by atoms with Crippen molar-refractivity contribution in [1.29, 1.82) is 10.8 Å². The van der Waals surface area contributed by atoms with E-state index in [0.29, 0.717) is 27.2 Å². The summed E-state index contributed by atoms with van der Waals surface area (Å²) in [5, 5.41) is 17.4. The van der Waals surface area contributed by atoms with Crippen LogP contribution in [-0.2, 0) is 0 Å². The zero-order valence-electron chi connectivity index (χ0n) is 17.7. The number of Topliss-reactive ketones (excluding diaryl/α,β-unsaturated/α-hetero) is 1. The van der Waals surface area contributed by atoms with Crippen LogP contribution in [0, 0.1) is 10.8 Å². The molecule has 1 aromatic heterocycles. The maximum Gasteiger partial charge on any atom is 0.252 e. The molecular weight excluding hydrogens is 456 g/mol. The minimum absolute atomic E-state index is 0.123. The first-order valence-electron chi connectivity index (χ1n) is 10.1. The molecule has 0 aliphatic heterocycles. The number of nitrogens with two attached hydrogens (primary N) is 1. The maximum atomic E-state index is 12.9. The van der Waals surface area contributed by atoms with Gasteiger partial charge in [0.05, 0.1) is 5.56 Å². The number of carbonyl (C=O) groups excluding carboxylic acids is 2. The highest BCUT2D eigenvalue weighted by Gasteiger charge is 2.17. The molecular formula is C25H19ClN4O4. The Labute approximate surface area is 198 Å². The number of ether oxygens (including phenoxy) is 2. The molecule has 1 amide bonds. The van der Waals surface area contributed by atoms with Crippen LogP contribution in [0.1, 0.15) is 20.7 Å². The van der Waals surface area contributed by atoms with E-state index in [1.54, 1.807) is 54.7 Å². The van der Waals surface area contributed by atoms with Crippen molar-refractivity contribution >= 4 is 57.1 Å². The van der Waals surface area contributed by atoms with Crippen molar-refractivity contribution in [2.24, 2.45) is 5.73 Å². The lowest BCUT2D eigenvalue weighted by Crippen LogP contribution is -2.16. The Bertz CT molecular complexity index is 1490. The van der Waals surface area contributed by atoms with Gasteiger partial charge in [-0.15, -0.1) is 0 Å². The van der Waals surface area contributed by atoms with Crippen LogP contribution >= 0.6 is 11.6 Å². The molecule has 0 radical (unpaired) electrons. The van der Waals surface area contributed by atoms with Crippen LogP contribution in [0.25, 0.3) is 21.7 Å². The summed E-state index contributed by atoms with van der Waals surface area (Å²) in [5.74, 6) is -0.477. The van der Waals surface area contributed by atoms with Crippen LogP contribution in [0.3, 0.4) is 0 Å². The van der Waals surface area contributed by atoms with Gasteiger partial charge in [0.15, 0.2) is 6.61 Å². The molecule has 5 N–H and O–H groups in total. The predicted octanol–water partition coefficient (Wildman–Crippen LogP) is 4.90. The third kappa shape index (κ3) is 4.82. The molecule has 0 saturated heterocycles. The highest BCUT2D eigenvalue weighted by Crippen LogP contribution is 2.29. The summed E-state index contributed by atoms with van der Waals surface area (Å²) in [6.07, 6.45) is 5.34. The molecule has 0 saturated carbocycles. The summed E-state index contributed by atoms with van der Waals surface area (Å²) < 4.78 is 11.1. The number of hydrogen-bond donors (Lipinski definition) is 4. The van der Waals surface area contributed by atoms with Gasteiger partial charge in [0.1, 0.15) is 11.5 Å². The van der Waals surface area contributed by atoms with E-state index in [9.17, 15) is 9.59 Å². The molecule has 0 aliphatic rings. The Morgan fingerprint density at radius 1 is 1.06 bits per heavy atom. The first-order chi connectivity index (χ1) is 16.4. The minimum atomic E-state index is -0.676. The second kappa shape index (κ2) is 9.60. The number of aromatic amines is 1. The molecule has 170 valence electrons. The number of carbonyl (C=O) groups is 2. The number of fused-ring (bicyclic) bond motifs is 2. The van der Waals surface area contributed by atoms with Gasteiger partial charge in [0.25, 0.3) is 5.91 Å². The monoisotopic (exact) mass is 474 g/mol. The van der Waals surface area contributed by atoms with Gasteiger partial charge in [-0.1, -0.05) is 17.7 Å². The third-order valence-corrected chi connectivity index (χ3v) is 5.29. The molecule has 8 nitrogen and oxygen atoms in total. The lowest BCUT2D eigenvalue weighted by Gasteiger charge is -2.11. The number of primary amides is 1. The van der Waals surface area contributed by atoms with E-state index in [1.165, 1.54) is 12.2 Å². The Balaban J connectivity index is 1.54. The van der Waals surface area contributed by atoms with Crippen LogP contribution in [-0.4, -0.2) is 35.4 Å². The van der Waals surface area contributed by atoms with Gasteiger partial charge in [0.2, 0.25) is 11.7 Å². The second-order valence-corrected chi connectivity index (χ2v) is 7.75. The van der Waals surface area contributed by atoms with Crippen molar-refractivity contribution in [1.82, 2.24) is 4.98 Å². The van der Waals surface area contributed by atoms with Gasteiger partial charge in [-0.2, -0.15) is 0 Å². The van der Waals surface area contributed by atoms with Crippen LogP contribution in [0.5, 0.6) is 11.5 Å². The molecule has 0 bridgehead atoms. The summed E-state index contributed by atoms with van der Waals surface area (Å²) in [5.41, 5.74) is 6.72. The fourth-order valence-electron chi connectivity index (χ4n) is 3.48. The SMILES string of the molecule is N=C/C=C\C(=N)Oc1ccc2c(C(=O)COc3cc4ccc(Cl)cc4cc3C(N)=O)c[nH]c2c1. The highest BCUT2D eigenvalue weighted by molar-refractivity contribution is 6.31. The molecule has 0 fully saturated rings. The zero-order valence-corrected chi connectivity index (χ0v) is 18.5. The molecule has 0 spiro atoms. The molecule has 4 rings (SSSR count). The Morgan fingerprint density at radius 2 is 1.88 bits per heavy atom. The maximum absolute atomic E-state index is 12.9. The predicted molar refractivity (Wildman–Crippen MR) is 132 cm³/mol. The molecule has 4 aromatic rings. The summed E-state index contributed by atoms with van der Waals surface area (Å²) in [6, 6.07) is 13.5. The van der Waals surface area contributed by atoms with Gasteiger partial charge in [-0.3, -0.25) is 15.0 Å². The van der Waals surface area contributed by atoms with Crippen molar-refractivity contribution in [3.05, 3.63) is 83.0 Å². The van der Waals surface area contributed by atoms with Gasteiger partial charge < -0.3 is 25.6 Å². The van der Waals surface area contributed by atoms with E-state index >= 15 is 0 Å². The van der Waals surface area contributed by atoms with Gasteiger partial charge in [0, 0.05) is 46.0 Å². The number of nitrogens with one attached hydrogen (secondary N) is 3. The summed E-state index contributed by atoms with van der Waals surface area (Å²) in [4.78, 5) is 27.8. The molecule has 1 heterocycles. The second-order valence-electron chi connectivity index (χ2n) is 7.32. The summed E-state index contributed by atoms with van der Waals surface area (Å²) >= 11 is 6.03. The fraction of sp³-hybridized carbons (Fsp3) is 0.0400. The summed E-state index contributed by atoms with van der Waals surface area (Å²) in [7, 11) is 0. The normalized spacial score (nSPS) is 11.1. The van der Waals surface area contributed by atoms with Crippen molar-refractivity contribution in [2.45, 2.75) is 0 Å². The first kappa shape index (κ1) is 22.8. The van der Waals surface area contributed by atoms with Crippen molar-refractivity contribution < 1.29 is 19.1 Å². The summed E-state index contributed by atoms with van der Waals surface area (Å²) in [6.45, 7) is -0.302. The van der Waals surface area contributed by atoms with E-state index in [1.807, 2.05) is 0 Å². The fourth-order valence-corrected chi connectivity index (χ4v) is 3.66. The van der Waals surface area contributed by atoms with Crippen molar-refractivity contribution in [3.63, 3.8) is 0 Å². The minimum Gasteiger partial charge on any atom is -0.485 e. The number of halogens is 1. The van der Waals surface area contributed by atoms with Gasteiger partial charge in [-0.25, -0.2) is 0 Å². The number of hydrogen-bond acceptors (Lipinski definition) is 6. The Kier molecular flexibility index (Phi) is 6.42. The van der Waals surface area contributed by atoms with E-state index in [0.717, 1.165) is 17.0 Å². The molecule has 0 atom stereocenters. The lowest BCUT2D eigenvalue weighted by molar-refractivity contribution is 0.0914. The number of rotatable bonds is 8. The average Bonchev–Trinajstić information content (AvgIpc) is 3.24. The number of allylic oxidation sites excluding steroid dienone is 1. The molecule has 0 aliphatic carbocycles. The van der Waals surface area contributed by atoms with Crippen LogP contribution in [0.4, 0.5) is 0 Å². The first-order valence-corrected chi connectivity index (χ1v) is 10.5. The quantitative estimate of drug-likeness (QED) is 0.164. The largest absolute Gasteiger partial charge is 0.485 e. The Morgan fingerprint density at radius 3 is 2.65 bits per heavy atom. The molecule has 9 heteroatoms. The average molecular weight is 475 g/mol. The van der Waals surface area contributed by atoms with Crippen LogP contribution in [0.2, 0.25) is 5.02 Å². The smallest absolute Gasteiger partial charge is 0.252 e. The van der Waals surface area contributed by atoms with Gasteiger partial charge >= 0.3 is 0 Å². The number of aromatic nitrogens is 1. The number of ketones is 1. The topological polar surface area (TPSA) is 142 Å². The number of amides is 1. The van der Waals surface area contributed by atoms with E-state index in [4.69, 9.17) is 37.6 Å². The number of benzene rings is 3. The van der Waals surface area contributed by atoms with E-state index in [-0.39, 0.29) is 29.6 Å². The standard InChI is InChI=1S/C25H19ClN4O4/c26-16-4-3-14-10-23(19(25(29)32)9-15(14)8-16)33-13-22(31)20-12-30-21-11-17(5-6-18(20)21)34-24(28)2-1-7-27/h1-12,27-28,30H,13H2,(H2,29,32)/b2-1-,27-7?,28-24?. The van der Waals surface area contributed by atoms with Crippen LogP contribution < -0.4 is 15.2 Å². The highest BCUT2D eigenvalue weighted by atomic mass is 35.5. The van der Waals surface area contributed by atoms with E-state index in [2.05, 4.69) is 4.98 Å². The van der Waals surface area contributed by atoms with Crippen molar-refractivity contribution in [2.75, 3.05) is 6.61 Å². The van der Waals surface area contributed by atoms with Gasteiger partial charge in [-0.05, 0) is 53.2 Å². The van der Waals surface area contributed by atoms with E-state index < -0.39 is 5.91 Å². The zero-order chi connectivity index (χ0) is 24.2.